The van der Waals surface area contributed by atoms with Crippen LogP contribution >= 0.6 is 23.2 Å². The van der Waals surface area contributed by atoms with E-state index in [1.807, 2.05) is 6.92 Å². The third kappa shape index (κ3) is 4.67. The number of rotatable bonds is 5. The molecule has 0 aliphatic carbocycles. The number of ether oxygens (including phenoxy) is 1. The van der Waals surface area contributed by atoms with Gasteiger partial charge in [-0.1, -0.05) is 65.2 Å². The van der Waals surface area contributed by atoms with Crippen molar-refractivity contribution in [3.8, 4) is 5.75 Å². The number of sulfone groups is 1. The number of halogens is 2. The maximum Gasteiger partial charge on any atom is 0.364 e. The Hall–Kier alpha value is -2.48. The molecule has 0 atom stereocenters. The van der Waals surface area contributed by atoms with Gasteiger partial charge in [0.15, 0.2) is 5.69 Å². The summed E-state index contributed by atoms with van der Waals surface area (Å²) in [5.74, 6) is -1.14. The molecular formula is C19H14Cl2N2O4S. The molecule has 0 unspecified atom stereocenters. The van der Waals surface area contributed by atoms with Crippen molar-refractivity contribution in [2.24, 2.45) is 0 Å². The predicted molar refractivity (Wildman–Crippen MR) is 106 cm³/mol. The van der Waals surface area contributed by atoms with Crippen molar-refractivity contribution in [1.82, 2.24) is 9.97 Å². The SMILES string of the molecule is Cc1ccc(CS(=O)(=O)c2ncc(Cl)c(C(=O)Oc3ccccc3Cl)n2)cc1. The van der Waals surface area contributed by atoms with E-state index in [0.29, 0.717) is 5.56 Å². The molecule has 2 aromatic carbocycles. The lowest BCUT2D eigenvalue weighted by Crippen LogP contribution is -2.16. The van der Waals surface area contributed by atoms with Crippen molar-refractivity contribution in [1.29, 1.82) is 0 Å². The number of carbonyl (C=O) groups is 1. The smallest absolute Gasteiger partial charge is 0.364 e. The average molecular weight is 437 g/mol. The zero-order valence-electron chi connectivity index (χ0n) is 14.6. The summed E-state index contributed by atoms with van der Waals surface area (Å²) in [7, 11) is -3.89. The van der Waals surface area contributed by atoms with Crippen LogP contribution in [0, 0.1) is 6.92 Å². The highest BCUT2D eigenvalue weighted by Gasteiger charge is 2.24. The fourth-order valence-electron chi connectivity index (χ4n) is 2.29. The molecule has 144 valence electrons. The van der Waals surface area contributed by atoms with Crippen LogP contribution in [0.4, 0.5) is 0 Å². The highest BCUT2D eigenvalue weighted by molar-refractivity contribution is 7.90. The molecule has 0 saturated heterocycles. The van der Waals surface area contributed by atoms with Crippen LogP contribution < -0.4 is 4.74 Å². The summed E-state index contributed by atoms with van der Waals surface area (Å²) < 4.78 is 30.5. The molecule has 0 saturated carbocycles. The molecule has 0 bridgehead atoms. The van der Waals surface area contributed by atoms with Crippen molar-refractivity contribution in [2.75, 3.05) is 0 Å². The first-order chi connectivity index (χ1) is 13.3. The van der Waals surface area contributed by atoms with E-state index in [9.17, 15) is 13.2 Å². The van der Waals surface area contributed by atoms with Gasteiger partial charge in [-0.3, -0.25) is 0 Å². The van der Waals surface area contributed by atoms with Crippen LogP contribution in [-0.4, -0.2) is 24.4 Å². The van der Waals surface area contributed by atoms with E-state index in [0.717, 1.165) is 11.8 Å². The van der Waals surface area contributed by atoms with Crippen LogP contribution in [0.3, 0.4) is 0 Å². The molecule has 0 fully saturated rings. The van der Waals surface area contributed by atoms with Crippen molar-refractivity contribution in [3.05, 3.63) is 81.6 Å². The van der Waals surface area contributed by atoms with Crippen LogP contribution in [0.1, 0.15) is 21.6 Å². The quantitative estimate of drug-likeness (QED) is 0.336. The molecule has 0 aliphatic heterocycles. The zero-order valence-corrected chi connectivity index (χ0v) is 16.9. The second kappa shape index (κ2) is 8.26. The van der Waals surface area contributed by atoms with Crippen LogP contribution in [0.25, 0.3) is 0 Å². The molecule has 3 aromatic rings. The van der Waals surface area contributed by atoms with Gasteiger partial charge in [-0.2, -0.15) is 0 Å². The summed E-state index contributed by atoms with van der Waals surface area (Å²) in [5, 5.41) is -0.428. The number of hydrogen-bond acceptors (Lipinski definition) is 6. The third-order valence-corrected chi connectivity index (χ3v) is 5.77. The van der Waals surface area contributed by atoms with Crippen molar-refractivity contribution >= 4 is 39.0 Å². The second-order valence-corrected chi connectivity index (χ2v) is 8.61. The van der Waals surface area contributed by atoms with E-state index in [4.69, 9.17) is 27.9 Å². The van der Waals surface area contributed by atoms with Crippen molar-refractivity contribution in [2.45, 2.75) is 17.8 Å². The summed E-state index contributed by atoms with van der Waals surface area (Å²) >= 11 is 11.9. The summed E-state index contributed by atoms with van der Waals surface area (Å²) in [6.45, 7) is 1.90. The van der Waals surface area contributed by atoms with Gasteiger partial charge in [-0.15, -0.1) is 0 Å². The van der Waals surface area contributed by atoms with Crippen LogP contribution in [0.2, 0.25) is 10.0 Å². The molecule has 1 aromatic heterocycles. The van der Waals surface area contributed by atoms with Crippen molar-refractivity contribution in [3.63, 3.8) is 0 Å². The van der Waals surface area contributed by atoms with E-state index in [1.54, 1.807) is 42.5 Å². The van der Waals surface area contributed by atoms with Gasteiger partial charge < -0.3 is 4.74 Å². The summed E-state index contributed by atoms with van der Waals surface area (Å²) in [6, 6.07) is 13.4. The average Bonchev–Trinajstić information content (AvgIpc) is 2.65. The van der Waals surface area contributed by atoms with E-state index < -0.39 is 21.0 Å². The zero-order chi connectivity index (χ0) is 20.3. The summed E-state index contributed by atoms with van der Waals surface area (Å²) in [6.07, 6.45) is 1.06. The predicted octanol–water partition coefficient (Wildman–Crippen LogP) is 4.28. The van der Waals surface area contributed by atoms with E-state index in [1.165, 1.54) is 6.07 Å². The molecule has 0 amide bonds. The molecule has 1 heterocycles. The lowest BCUT2D eigenvalue weighted by atomic mass is 10.2. The minimum atomic E-state index is -3.89. The Balaban J connectivity index is 1.89. The molecule has 28 heavy (non-hydrogen) atoms. The van der Waals surface area contributed by atoms with Crippen LogP contribution in [0.15, 0.2) is 59.9 Å². The maximum atomic E-state index is 12.6. The Morgan fingerprint density at radius 1 is 1.04 bits per heavy atom. The second-order valence-electron chi connectivity index (χ2n) is 5.91. The Morgan fingerprint density at radius 3 is 2.39 bits per heavy atom. The Kier molecular flexibility index (Phi) is 5.98. The summed E-state index contributed by atoms with van der Waals surface area (Å²) in [5.41, 5.74) is 1.22. The lowest BCUT2D eigenvalue weighted by Gasteiger charge is -2.08. The third-order valence-electron chi connectivity index (χ3n) is 3.71. The fraction of sp³-hybridized carbons (Fsp3) is 0.105. The number of aromatic nitrogens is 2. The normalized spacial score (nSPS) is 11.2. The molecule has 0 aliphatic rings. The number of aryl methyl sites for hydroxylation is 1. The number of carbonyl (C=O) groups excluding carboxylic acids is 1. The molecule has 3 rings (SSSR count). The first-order valence-corrected chi connectivity index (χ1v) is 10.4. The maximum absolute atomic E-state index is 12.6. The van der Waals surface area contributed by atoms with Crippen LogP contribution in [-0.2, 0) is 15.6 Å². The van der Waals surface area contributed by atoms with Gasteiger partial charge in [0.1, 0.15) is 5.75 Å². The molecule has 9 heteroatoms. The monoisotopic (exact) mass is 436 g/mol. The molecule has 0 N–H and O–H groups in total. The topological polar surface area (TPSA) is 86.2 Å². The van der Waals surface area contributed by atoms with Gasteiger partial charge in [-0.05, 0) is 24.6 Å². The molecule has 0 spiro atoms. The van der Waals surface area contributed by atoms with Crippen molar-refractivity contribution < 1.29 is 17.9 Å². The van der Waals surface area contributed by atoms with Gasteiger partial charge in [0.25, 0.3) is 0 Å². The van der Waals surface area contributed by atoms with Gasteiger partial charge in [-0.25, -0.2) is 23.2 Å². The number of para-hydroxylation sites is 1. The number of nitrogens with zero attached hydrogens (tertiary/aromatic N) is 2. The van der Waals surface area contributed by atoms with Gasteiger partial charge >= 0.3 is 5.97 Å². The van der Waals surface area contributed by atoms with E-state index in [-0.39, 0.29) is 27.2 Å². The fourth-order valence-corrected chi connectivity index (χ4v) is 3.83. The standard InChI is InChI=1S/C19H14Cl2N2O4S/c1-12-6-8-13(9-7-12)11-28(25,26)19-22-10-15(21)17(23-19)18(24)27-16-5-3-2-4-14(16)20/h2-10H,11H2,1H3. The lowest BCUT2D eigenvalue weighted by molar-refractivity contribution is 0.0727. The van der Waals surface area contributed by atoms with Gasteiger partial charge in [0.2, 0.25) is 15.0 Å². The number of hydrogen-bond donors (Lipinski definition) is 0. The van der Waals surface area contributed by atoms with Crippen LogP contribution in [0.5, 0.6) is 5.75 Å². The summed E-state index contributed by atoms with van der Waals surface area (Å²) in [4.78, 5) is 20.0. The molecular weight excluding hydrogens is 423 g/mol. The molecule has 0 radical (unpaired) electrons. The minimum absolute atomic E-state index is 0.105. The first kappa shape index (κ1) is 20.3. The Morgan fingerprint density at radius 2 is 1.71 bits per heavy atom. The van der Waals surface area contributed by atoms with E-state index >= 15 is 0 Å². The van der Waals surface area contributed by atoms with Gasteiger partial charge in [0, 0.05) is 0 Å². The highest BCUT2D eigenvalue weighted by atomic mass is 35.5. The van der Waals surface area contributed by atoms with E-state index in [2.05, 4.69) is 9.97 Å². The number of benzene rings is 2. The molecule has 6 nitrogen and oxygen atoms in total. The Bertz CT molecular complexity index is 1130. The minimum Gasteiger partial charge on any atom is -0.420 e. The highest BCUT2D eigenvalue weighted by Crippen LogP contribution is 2.25. The largest absolute Gasteiger partial charge is 0.420 e. The number of esters is 1. The van der Waals surface area contributed by atoms with Gasteiger partial charge in [0.05, 0.1) is 22.0 Å². The first-order valence-electron chi connectivity index (χ1n) is 8.04. The Labute approximate surface area is 172 Å².